The van der Waals surface area contributed by atoms with Crippen LogP contribution in [0.5, 0.6) is 0 Å². The average Bonchev–Trinajstić information content (AvgIpc) is 3.11. The molecular formula is C27H28F2N7O3S+. The molecule has 10 nitrogen and oxygen atoms in total. The summed E-state index contributed by atoms with van der Waals surface area (Å²) in [6.07, 6.45) is 5.57. The number of likely N-dealkylation sites (N-methyl/N-ethyl adjacent to an activating group) is 2. The minimum Gasteiger partial charge on any atom is -0.340 e. The normalized spacial score (nSPS) is 23.9. The lowest BCUT2D eigenvalue weighted by Gasteiger charge is -2.51. The molecule has 1 amide bonds. The van der Waals surface area contributed by atoms with Crippen molar-refractivity contribution in [2.45, 2.75) is 37.9 Å². The van der Waals surface area contributed by atoms with Crippen molar-refractivity contribution in [2.75, 3.05) is 31.6 Å². The Morgan fingerprint density at radius 2 is 1.82 bits per heavy atom. The Morgan fingerprint density at radius 3 is 2.45 bits per heavy atom. The number of thioether (sulfide) groups is 1. The number of anilines is 1. The van der Waals surface area contributed by atoms with Gasteiger partial charge in [0.2, 0.25) is 17.8 Å². The third-order valence-corrected chi connectivity index (χ3v) is 8.92. The van der Waals surface area contributed by atoms with Crippen LogP contribution in [0.4, 0.5) is 14.7 Å². The lowest BCUT2D eigenvalue weighted by molar-refractivity contribution is -0.921. The second-order valence-electron chi connectivity index (χ2n) is 10.2. The minimum atomic E-state index is -1.25. The molecule has 1 aromatic carbocycles. The van der Waals surface area contributed by atoms with E-state index >= 15 is 0 Å². The van der Waals surface area contributed by atoms with E-state index in [2.05, 4.69) is 9.97 Å². The van der Waals surface area contributed by atoms with E-state index in [-0.39, 0.29) is 32.1 Å². The second kappa shape index (κ2) is 10.3. The van der Waals surface area contributed by atoms with Gasteiger partial charge in [0.25, 0.3) is 11.7 Å². The number of fused-ring (bicyclic) bond motifs is 2. The molecule has 5 rings (SSSR count). The van der Waals surface area contributed by atoms with E-state index in [0.717, 1.165) is 6.07 Å². The smallest absolute Gasteiger partial charge is 0.294 e. The fraction of sp³-hybridized carbons (Fsp3) is 0.370. The Morgan fingerprint density at radius 1 is 1.15 bits per heavy atom. The zero-order valence-corrected chi connectivity index (χ0v) is 22.8. The third kappa shape index (κ3) is 4.33. The molecule has 3 aliphatic heterocycles. The molecule has 3 aliphatic rings. The molecule has 0 radical (unpaired) electrons. The molecule has 0 bridgehead atoms. The van der Waals surface area contributed by atoms with Crippen molar-refractivity contribution in [3.8, 4) is 0 Å². The van der Waals surface area contributed by atoms with Gasteiger partial charge in [0, 0.05) is 57.4 Å². The Kier molecular flexibility index (Phi) is 7.13. The van der Waals surface area contributed by atoms with E-state index in [1.54, 1.807) is 30.4 Å². The van der Waals surface area contributed by atoms with E-state index in [9.17, 15) is 23.2 Å². The predicted octanol–water partition coefficient (Wildman–Crippen LogP) is 2.69. The zero-order chi connectivity index (χ0) is 28.8. The van der Waals surface area contributed by atoms with Crippen LogP contribution in [0.25, 0.3) is 0 Å². The number of carbonyl (C=O) groups is 3. The molecule has 2 aromatic rings. The summed E-state index contributed by atoms with van der Waals surface area (Å²) in [5.74, 6) is -3.23. The van der Waals surface area contributed by atoms with E-state index in [1.165, 1.54) is 12.3 Å². The van der Waals surface area contributed by atoms with Gasteiger partial charge in [-0.3, -0.25) is 34.6 Å². The van der Waals surface area contributed by atoms with Crippen molar-refractivity contribution in [3.05, 3.63) is 65.6 Å². The molecule has 2 atom stereocenters. The Bertz CT molecular complexity index is 1460. The van der Waals surface area contributed by atoms with E-state index in [1.807, 2.05) is 11.8 Å². The fourth-order valence-electron chi connectivity index (χ4n) is 6.15. The molecule has 40 heavy (non-hydrogen) atoms. The van der Waals surface area contributed by atoms with Gasteiger partial charge >= 0.3 is 0 Å². The van der Waals surface area contributed by atoms with Gasteiger partial charge in [-0.2, -0.15) is 0 Å². The van der Waals surface area contributed by atoms with E-state index < -0.39 is 40.8 Å². The van der Waals surface area contributed by atoms with Crippen LogP contribution in [0.15, 0.2) is 48.4 Å². The van der Waals surface area contributed by atoms with Crippen molar-refractivity contribution in [1.29, 1.82) is 10.8 Å². The molecule has 2 unspecified atom stereocenters. The highest BCUT2D eigenvalue weighted by Gasteiger charge is 2.71. The number of aromatic nitrogens is 2. The molecular weight excluding hydrogens is 540 g/mol. The first-order valence-corrected chi connectivity index (χ1v) is 13.6. The summed E-state index contributed by atoms with van der Waals surface area (Å²) >= 11 is 0.624. The van der Waals surface area contributed by atoms with Crippen LogP contribution >= 0.6 is 11.8 Å². The monoisotopic (exact) mass is 568 g/mol. The number of nitrogens with zero attached hydrogens (tertiary/aromatic N) is 5. The first-order valence-electron chi connectivity index (χ1n) is 12.8. The Labute approximate surface area is 233 Å². The molecule has 1 spiro atoms. The largest absolute Gasteiger partial charge is 0.340 e. The number of ketones is 2. The number of amides is 1. The van der Waals surface area contributed by atoms with Gasteiger partial charge in [-0.25, -0.2) is 18.7 Å². The standard InChI is InChI=1S/C27H28F2N7O3S/c1-3-35-25(39)21-23(38)22(37)18(24(31)40-20(30)13-16-5-6-17(28)14-19(16)29)15-36(21,2)27(35)7-11-34(12-8-27)26-32-9-4-10-33-26/h4-6,9-10,14-15,21,30-31H,3,7-8,11-13H2,1-2H3/q+1. The van der Waals surface area contributed by atoms with Crippen LogP contribution < -0.4 is 4.90 Å². The first-order chi connectivity index (χ1) is 19.0. The molecule has 4 heterocycles. The third-order valence-electron chi connectivity index (χ3n) is 8.10. The number of rotatable bonds is 5. The Balaban J connectivity index is 1.44. The number of quaternary nitrogens is 1. The molecule has 0 aliphatic carbocycles. The maximum atomic E-state index is 14.1. The number of piperidine rings is 1. The average molecular weight is 569 g/mol. The topological polar surface area (TPSA) is 131 Å². The lowest BCUT2D eigenvalue weighted by Crippen LogP contribution is -2.69. The number of hydrogen-bond donors (Lipinski definition) is 2. The maximum Gasteiger partial charge on any atom is 0.294 e. The lowest BCUT2D eigenvalue weighted by atomic mass is 9.88. The molecule has 13 heteroatoms. The SMILES string of the molecule is CCN1C(=O)C2C(=O)C(=O)C(C(=N)SC(=N)Cc3ccc(F)cc3F)=C[N+]2(C)C12CCN(c1ncccn1)CC2. The van der Waals surface area contributed by atoms with Crippen molar-refractivity contribution in [2.24, 2.45) is 0 Å². The summed E-state index contributed by atoms with van der Waals surface area (Å²) < 4.78 is 27.2. The molecule has 1 aromatic heterocycles. The van der Waals surface area contributed by atoms with Crippen LogP contribution in [0, 0.1) is 22.5 Å². The predicted molar refractivity (Wildman–Crippen MR) is 145 cm³/mol. The number of nitrogens with one attached hydrogen (secondary N) is 2. The molecule has 2 fully saturated rings. The summed E-state index contributed by atoms with van der Waals surface area (Å²) in [5, 5.41) is 16.4. The van der Waals surface area contributed by atoms with Gasteiger partial charge in [0.15, 0.2) is 5.66 Å². The molecule has 208 valence electrons. The second-order valence-corrected chi connectivity index (χ2v) is 11.3. The number of benzene rings is 1. The summed E-state index contributed by atoms with van der Waals surface area (Å²) in [7, 11) is 1.74. The summed E-state index contributed by atoms with van der Waals surface area (Å²) in [4.78, 5) is 52.5. The van der Waals surface area contributed by atoms with Crippen molar-refractivity contribution in [1.82, 2.24) is 14.9 Å². The van der Waals surface area contributed by atoms with Gasteiger partial charge in [-0.05, 0) is 24.6 Å². The van der Waals surface area contributed by atoms with Gasteiger partial charge in [0.1, 0.15) is 28.5 Å². The van der Waals surface area contributed by atoms with Gasteiger partial charge in [-0.1, -0.05) is 17.8 Å². The summed E-state index contributed by atoms with van der Waals surface area (Å²) in [6, 6.07) is 3.50. The van der Waals surface area contributed by atoms with Crippen molar-refractivity contribution >= 4 is 45.3 Å². The fourth-order valence-corrected chi connectivity index (χ4v) is 6.88. The highest BCUT2D eigenvalue weighted by Crippen LogP contribution is 2.48. The number of hydrogen-bond acceptors (Lipinski definition) is 9. The highest BCUT2D eigenvalue weighted by atomic mass is 32.2. The van der Waals surface area contributed by atoms with Crippen molar-refractivity contribution in [3.63, 3.8) is 0 Å². The molecule has 0 saturated carbocycles. The molecule has 2 saturated heterocycles. The van der Waals surface area contributed by atoms with Crippen LogP contribution in [0.2, 0.25) is 0 Å². The summed E-state index contributed by atoms with van der Waals surface area (Å²) in [6.45, 7) is 3.21. The maximum absolute atomic E-state index is 14.1. The van der Waals surface area contributed by atoms with Crippen LogP contribution in [0.3, 0.4) is 0 Å². The number of carbonyl (C=O) groups excluding carboxylic acids is 3. The van der Waals surface area contributed by atoms with Gasteiger partial charge in [-0.15, -0.1) is 0 Å². The van der Waals surface area contributed by atoms with Gasteiger partial charge < -0.3 is 4.90 Å². The highest BCUT2D eigenvalue weighted by molar-refractivity contribution is 8.26. The zero-order valence-electron chi connectivity index (χ0n) is 22.0. The van der Waals surface area contributed by atoms with Crippen LogP contribution in [-0.2, 0) is 20.8 Å². The van der Waals surface area contributed by atoms with Crippen molar-refractivity contribution < 1.29 is 27.6 Å². The molecule has 2 N–H and O–H groups in total. The van der Waals surface area contributed by atoms with E-state index in [0.29, 0.717) is 56.3 Å². The summed E-state index contributed by atoms with van der Waals surface area (Å²) in [5.41, 5.74) is -0.946. The number of Topliss-reactive ketones (excluding diaryl/α,β-unsaturated/α-hetero) is 2. The van der Waals surface area contributed by atoms with Crippen LogP contribution in [-0.4, -0.2) is 85.3 Å². The Hall–Kier alpha value is -3.84. The number of halogens is 2. The van der Waals surface area contributed by atoms with E-state index in [4.69, 9.17) is 10.8 Å². The minimum absolute atomic E-state index is 0.0719. The van der Waals surface area contributed by atoms with Crippen LogP contribution in [0.1, 0.15) is 25.3 Å². The van der Waals surface area contributed by atoms with Gasteiger partial charge in [0.05, 0.1) is 12.1 Å². The quantitative estimate of drug-likeness (QED) is 0.186. The first kappa shape index (κ1) is 27.7.